The third-order valence-electron chi connectivity index (χ3n) is 3.01. The van der Waals surface area contributed by atoms with E-state index < -0.39 is 0 Å². The molecule has 0 unspecified atom stereocenters. The summed E-state index contributed by atoms with van der Waals surface area (Å²) in [5, 5.41) is 0. The van der Waals surface area contributed by atoms with Crippen molar-refractivity contribution in [3.8, 4) is 5.69 Å². The second-order valence-electron chi connectivity index (χ2n) is 4.60. The zero-order valence-corrected chi connectivity index (χ0v) is 11.0. The van der Waals surface area contributed by atoms with E-state index in [1.165, 1.54) is 4.57 Å². The van der Waals surface area contributed by atoms with Crippen LogP contribution in [0.2, 0.25) is 0 Å². The SMILES string of the molecule is CC(C)n1ccn(-c2ccccc2C(=O)CN)c1=O. The fraction of sp³-hybridized carbons (Fsp3) is 0.286. The van der Waals surface area contributed by atoms with Crippen LogP contribution in [-0.4, -0.2) is 21.5 Å². The molecule has 1 aromatic carbocycles. The van der Waals surface area contributed by atoms with Gasteiger partial charge in [-0.3, -0.25) is 13.9 Å². The van der Waals surface area contributed by atoms with Crippen LogP contribution in [0.5, 0.6) is 0 Å². The number of hydrogen-bond acceptors (Lipinski definition) is 3. The predicted molar refractivity (Wildman–Crippen MR) is 73.8 cm³/mol. The monoisotopic (exact) mass is 259 g/mol. The van der Waals surface area contributed by atoms with Gasteiger partial charge in [0.05, 0.1) is 12.2 Å². The lowest BCUT2D eigenvalue weighted by atomic mass is 10.1. The van der Waals surface area contributed by atoms with Gasteiger partial charge in [0.15, 0.2) is 5.78 Å². The van der Waals surface area contributed by atoms with E-state index >= 15 is 0 Å². The number of ketones is 1. The topological polar surface area (TPSA) is 70.0 Å². The number of carbonyl (C=O) groups excluding carboxylic acids is 1. The van der Waals surface area contributed by atoms with Crippen LogP contribution in [0.4, 0.5) is 0 Å². The number of Topliss-reactive ketones (excluding diaryl/α,β-unsaturated/α-hetero) is 1. The zero-order valence-electron chi connectivity index (χ0n) is 11.0. The van der Waals surface area contributed by atoms with Crippen molar-refractivity contribution in [1.29, 1.82) is 0 Å². The number of benzene rings is 1. The Morgan fingerprint density at radius 3 is 2.53 bits per heavy atom. The molecule has 0 saturated carbocycles. The first-order chi connectivity index (χ1) is 9.06. The summed E-state index contributed by atoms with van der Waals surface area (Å²) in [4.78, 5) is 24.1. The van der Waals surface area contributed by atoms with Gasteiger partial charge in [-0.15, -0.1) is 0 Å². The third-order valence-corrected chi connectivity index (χ3v) is 3.01. The van der Waals surface area contributed by atoms with Crippen LogP contribution in [0.25, 0.3) is 5.69 Å². The molecular formula is C14H17N3O2. The fourth-order valence-corrected chi connectivity index (χ4v) is 2.00. The first-order valence-corrected chi connectivity index (χ1v) is 6.18. The quantitative estimate of drug-likeness (QED) is 0.843. The number of nitrogens with two attached hydrogens (primary N) is 1. The van der Waals surface area contributed by atoms with E-state index in [1.54, 1.807) is 41.2 Å². The lowest BCUT2D eigenvalue weighted by Gasteiger charge is -2.08. The van der Waals surface area contributed by atoms with Crippen molar-refractivity contribution in [2.75, 3.05) is 6.54 Å². The molecule has 0 saturated heterocycles. The maximum Gasteiger partial charge on any atom is 0.332 e. The Balaban J connectivity index is 2.60. The van der Waals surface area contributed by atoms with E-state index in [9.17, 15) is 9.59 Å². The van der Waals surface area contributed by atoms with Gasteiger partial charge in [-0.25, -0.2) is 4.79 Å². The van der Waals surface area contributed by atoms with Gasteiger partial charge in [-0.2, -0.15) is 0 Å². The van der Waals surface area contributed by atoms with Crippen LogP contribution in [0, 0.1) is 0 Å². The summed E-state index contributed by atoms with van der Waals surface area (Å²) in [7, 11) is 0. The molecule has 5 heteroatoms. The largest absolute Gasteiger partial charge is 0.332 e. The van der Waals surface area contributed by atoms with Crippen LogP contribution < -0.4 is 11.4 Å². The highest BCUT2D eigenvalue weighted by molar-refractivity contribution is 6.00. The van der Waals surface area contributed by atoms with Crippen molar-refractivity contribution in [3.05, 3.63) is 52.7 Å². The van der Waals surface area contributed by atoms with Crippen molar-refractivity contribution >= 4 is 5.78 Å². The van der Waals surface area contributed by atoms with Crippen molar-refractivity contribution in [3.63, 3.8) is 0 Å². The molecule has 0 aliphatic carbocycles. The lowest BCUT2D eigenvalue weighted by molar-refractivity contribution is 0.100. The molecule has 0 aliphatic heterocycles. The summed E-state index contributed by atoms with van der Waals surface area (Å²) in [5.74, 6) is -0.181. The van der Waals surface area contributed by atoms with Crippen molar-refractivity contribution in [1.82, 2.24) is 9.13 Å². The Morgan fingerprint density at radius 1 is 1.26 bits per heavy atom. The summed E-state index contributed by atoms with van der Waals surface area (Å²) in [6.45, 7) is 3.79. The van der Waals surface area contributed by atoms with E-state index in [4.69, 9.17) is 5.73 Å². The Kier molecular flexibility index (Phi) is 3.66. The molecule has 0 bridgehead atoms. The summed E-state index contributed by atoms with van der Waals surface area (Å²) < 4.78 is 3.09. The summed E-state index contributed by atoms with van der Waals surface area (Å²) in [6.07, 6.45) is 3.39. The second kappa shape index (κ2) is 5.24. The van der Waals surface area contributed by atoms with Crippen LogP contribution in [0.1, 0.15) is 30.2 Å². The Labute approximate surface area is 111 Å². The van der Waals surface area contributed by atoms with Crippen LogP contribution in [0.15, 0.2) is 41.5 Å². The first-order valence-electron chi connectivity index (χ1n) is 6.18. The molecule has 1 aromatic heterocycles. The molecule has 2 aromatic rings. The average Bonchev–Trinajstić information content (AvgIpc) is 2.79. The summed E-state index contributed by atoms with van der Waals surface area (Å²) >= 11 is 0. The fourth-order valence-electron chi connectivity index (χ4n) is 2.00. The normalized spacial score (nSPS) is 10.9. The van der Waals surface area contributed by atoms with Crippen LogP contribution in [-0.2, 0) is 0 Å². The number of rotatable bonds is 4. The lowest BCUT2D eigenvalue weighted by Crippen LogP contribution is -2.26. The second-order valence-corrected chi connectivity index (χ2v) is 4.60. The molecule has 19 heavy (non-hydrogen) atoms. The number of aromatic nitrogens is 2. The minimum atomic E-state index is -0.181. The molecule has 0 fully saturated rings. The van der Waals surface area contributed by atoms with Gasteiger partial charge in [0.2, 0.25) is 0 Å². The van der Waals surface area contributed by atoms with Gasteiger partial charge in [-0.05, 0) is 26.0 Å². The minimum absolute atomic E-state index is 0.0728. The maximum atomic E-state index is 12.3. The summed E-state index contributed by atoms with van der Waals surface area (Å²) in [5.41, 5.74) is 6.28. The Bertz CT molecular complexity index is 653. The molecule has 0 spiro atoms. The molecule has 0 aliphatic rings. The minimum Gasteiger partial charge on any atom is -0.324 e. The number of imidazole rings is 1. The first kappa shape index (κ1) is 13.3. The van der Waals surface area contributed by atoms with E-state index in [0.717, 1.165) is 0 Å². The van der Waals surface area contributed by atoms with E-state index in [1.807, 2.05) is 13.8 Å². The molecule has 2 rings (SSSR count). The van der Waals surface area contributed by atoms with Crippen LogP contribution in [0.3, 0.4) is 0 Å². The maximum absolute atomic E-state index is 12.3. The van der Waals surface area contributed by atoms with Gasteiger partial charge in [0.1, 0.15) is 0 Å². The van der Waals surface area contributed by atoms with E-state index in [2.05, 4.69) is 0 Å². The molecule has 0 radical (unpaired) electrons. The van der Waals surface area contributed by atoms with Crippen molar-refractivity contribution < 1.29 is 4.79 Å². The van der Waals surface area contributed by atoms with Crippen LogP contribution >= 0.6 is 0 Å². The number of hydrogen-bond donors (Lipinski definition) is 1. The molecule has 2 N–H and O–H groups in total. The third kappa shape index (κ3) is 2.37. The Morgan fingerprint density at radius 2 is 1.95 bits per heavy atom. The highest BCUT2D eigenvalue weighted by atomic mass is 16.2. The van der Waals surface area contributed by atoms with E-state index in [0.29, 0.717) is 11.3 Å². The number of carbonyl (C=O) groups is 1. The van der Waals surface area contributed by atoms with Gasteiger partial charge < -0.3 is 5.73 Å². The molecule has 5 nitrogen and oxygen atoms in total. The smallest absolute Gasteiger partial charge is 0.324 e. The standard InChI is InChI=1S/C14H17N3O2/c1-10(2)16-7-8-17(14(16)19)12-6-4-3-5-11(12)13(18)9-15/h3-8,10H,9,15H2,1-2H3. The number of para-hydroxylation sites is 1. The molecule has 0 amide bonds. The highest BCUT2D eigenvalue weighted by Crippen LogP contribution is 2.14. The average molecular weight is 259 g/mol. The molecular weight excluding hydrogens is 242 g/mol. The van der Waals surface area contributed by atoms with Gasteiger partial charge in [-0.1, -0.05) is 12.1 Å². The number of nitrogens with zero attached hydrogens (tertiary/aromatic N) is 2. The zero-order chi connectivity index (χ0) is 14.0. The van der Waals surface area contributed by atoms with Gasteiger partial charge in [0.25, 0.3) is 0 Å². The highest BCUT2D eigenvalue weighted by Gasteiger charge is 2.14. The molecule has 0 atom stereocenters. The molecule has 100 valence electrons. The van der Waals surface area contributed by atoms with Gasteiger partial charge >= 0.3 is 5.69 Å². The van der Waals surface area contributed by atoms with Gasteiger partial charge in [0, 0.05) is 24.0 Å². The van der Waals surface area contributed by atoms with Crippen molar-refractivity contribution in [2.45, 2.75) is 19.9 Å². The predicted octanol–water partition coefficient (Wildman–Crippen LogP) is 1.36. The Hall–Kier alpha value is -2.14. The van der Waals surface area contributed by atoms with E-state index in [-0.39, 0.29) is 24.1 Å². The molecule has 1 heterocycles. The van der Waals surface area contributed by atoms with Crippen molar-refractivity contribution in [2.24, 2.45) is 5.73 Å². The summed E-state index contributed by atoms with van der Waals surface area (Å²) in [6, 6.07) is 7.06.